The van der Waals surface area contributed by atoms with Crippen LogP contribution in [0.4, 0.5) is 24.5 Å². The van der Waals surface area contributed by atoms with Crippen molar-refractivity contribution in [3.05, 3.63) is 123 Å². The Morgan fingerprint density at radius 1 is 0.967 bits per heavy atom. The predicted molar refractivity (Wildman–Crippen MR) is 218 cm³/mol. The molecule has 1 saturated heterocycles. The topological polar surface area (TPSA) is 149 Å². The van der Waals surface area contributed by atoms with E-state index in [1.165, 1.54) is 35.1 Å². The molecule has 0 atom stereocenters. The van der Waals surface area contributed by atoms with Gasteiger partial charge >= 0.3 is 5.51 Å². The van der Waals surface area contributed by atoms with Gasteiger partial charge < -0.3 is 29.2 Å². The molecular formula is C42H40F3N9O5S. The van der Waals surface area contributed by atoms with Crippen LogP contribution < -0.4 is 20.5 Å². The van der Waals surface area contributed by atoms with E-state index in [0.29, 0.717) is 59.5 Å². The van der Waals surface area contributed by atoms with Crippen molar-refractivity contribution >= 4 is 40.7 Å². The van der Waals surface area contributed by atoms with Crippen LogP contribution in [0.15, 0.2) is 88.8 Å². The summed E-state index contributed by atoms with van der Waals surface area (Å²) in [5, 5.41) is 7.46. The second-order valence-corrected chi connectivity index (χ2v) is 15.4. The van der Waals surface area contributed by atoms with E-state index in [1.54, 1.807) is 16.4 Å². The summed E-state index contributed by atoms with van der Waals surface area (Å²) in [6.45, 7) is 5.75. The lowest BCUT2D eigenvalue weighted by atomic mass is 10.0. The van der Waals surface area contributed by atoms with Crippen LogP contribution in [0.2, 0.25) is 0 Å². The first kappa shape index (κ1) is 40.5. The number of hydrogen-bond acceptors (Lipinski definition) is 11. The molecule has 1 fully saturated rings. The van der Waals surface area contributed by atoms with Crippen LogP contribution in [0.5, 0.6) is 5.75 Å². The number of aromatic nitrogens is 6. The van der Waals surface area contributed by atoms with Crippen LogP contribution in [-0.4, -0.2) is 84.1 Å². The Labute approximate surface area is 346 Å². The van der Waals surface area contributed by atoms with E-state index < -0.39 is 17.0 Å². The number of benzene rings is 3. The normalized spacial score (nSPS) is 14.3. The summed E-state index contributed by atoms with van der Waals surface area (Å²) < 4.78 is 53.3. The van der Waals surface area contributed by atoms with Gasteiger partial charge in [-0.1, -0.05) is 49.4 Å². The maximum absolute atomic E-state index is 14.5. The minimum Gasteiger partial charge on any atom is -0.485 e. The number of nitrogens with zero attached hydrogens (tertiary/aromatic N) is 8. The second kappa shape index (κ2) is 17.1. The Hall–Kier alpha value is -6.27. The van der Waals surface area contributed by atoms with Crippen molar-refractivity contribution in [2.75, 3.05) is 43.0 Å². The zero-order chi connectivity index (χ0) is 42.0. The number of amides is 2. The van der Waals surface area contributed by atoms with Crippen molar-refractivity contribution < 1.29 is 32.2 Å². The van der Waals surface area contributed by atoms with Gasteiger partial charge in [-0.05, 0) is 78.5 Å². The van der Waals surface area contributed by atoms with Crippen molar-refractivity contribution in [1.82, 2.24) is 34.0 Å². The third kappa shape index (κ3) is 8.70. The number of fused-ring (bicyclic) bond motifs is 2. The van der Waals surface area contributed by atoms with E-state index in [1.807, 2.05) is 60.4 Å². The molecule has 1 N–H and O–H groups in total. The third-order valence-corrected chi connectivity index (χ3v) is 11.1. The molecule has 310 valence electrons. The molecule has 14 nitrogen and oxygen atoms in total. The highest BCUT2D eigenvalue weighted by atomic mass is 32.2. The van der Waals surface area contributed by atoms with Crippen LogP contribution in [0.3, 0.4) is 0 Å². The molecule has 0 saturated carbocycles. The summed E-state index contributed by atoms with van der Waals surface area (Å²) in [6.07, 6.45) is 2.39. The van der Waals surface area contributed by atoms with Crippen molar-refractivity contribution in [1.29, 1.82) is 0 Å². The molecule has 0 unspecified atom stereocenters. The fourth-order valence-electron chi connectivity index (χ4n) is 7.44. The van der Waals surface area contributed by atoms with Crippen molar-refractivity contribution in [2.24, 2.45) is 0 Å². The molecule has 0 aliphatic carbocycles. The summed E-state index contributed by atoms with van der Waals surface area (Å²) in [6, 6.07) is 20.8. The molecular weight excluding hydrogens is 800 g/mol. The molecule has 0 radical (unpaired) electrons. The lowest BCUT2D eigenvalue weighted by Crippen LogP contribution is -2.51. The number of anilines is 2. The SMILES string of the molecule is CCc1c(N2CCN(C(=O)c3ncnc(C)c3OCc3ccccc3)CC2)c(=O)n2nc(-c3ccc4c(c3)CCOC4)nc2n1CC(=O)Nc1ccc(SC(F)(F)F)cc1. The fraction of sp³-hybridized carbons (Fsp3) is 0.310. The lowest BCUT2D eigenvalue weighted by Gasteiger charge is -2.36. The van der Waals surface area contributed by atoms with Crippen LogP contribution in [0, 0.1) is 6.92 Å². The maximum atomic E-state index is 14.5. The van der Waals surface area contributed by atoms with Gasteiger partial charge in [0.15, 0.2) is 17.3 Å². The van der Waals surface area contributed by atoms with Crippen LogP contribution in [0.1, 0.15) is 45.5 Å². The Bertz CT molecular complexity index is 2610. The van der Waals surface area contributed by atoms with E-state index in [-0.39, 0.29) is 73.4 Å². The van der Waals surface area contributed by atoms with E-state index in [4.69, 9.17) is 14.5 Å². The van der Waals surface area contributed by atoms with Gasteiger partial charge in [0, 0.05) is 42.3 Å². The molecule has 8 rings (SSSR count). The monoisotopic (exact) mass is 839 g/mol. The van der Waals surface area contributed by atoms with Gasteiger partial charge in [0.2, 0.25) is 11.7 Å². The van der Waals surface area contributed by atoms with E-state index in [0.717, 1.165) is 23.1 Å². The molecule has 0 bridgehead atoms. The predicted octanol–water partition coefficient (Wildman–Crippen LogP) is 6.08. The number of aryl methyl sites for hydroxylation is 1. The van der Waals surface area contributed by atoms with Crippen LogP contribution in [0.25, 0.3) is 17.2 Å². The smallest absolute Gasteiger partial charge is 0.446 e. The minimum atomic E-state index is -4.45. The number of carbonyl (C=O) groups is 2. The molecule has 2 aliphatic rings. The van der Waals surface area contributed by atoms with Crippen molar-refractivity contribution in [2.45, 2.75) is 56.9 Å². The Kier molecular flexibility index (Phi) is 11.6. The number of thioether (sulfide) groups is 1. The molecule has 0 spiro atoms. The van der Waals surface area contributed by atoms with Crippen LogP contribution >= 0.6 is 11.8 Å². The fourth-order valence-corrected chi connectivity index (χ4v) is 7.98. The number of hydrogen-bond donors (Lipinski definition) is 1. The highest BCUT2D eigenvalue weighted by Crippen LogP contribution is 2.37. The zero-order valence-electron chi connectivity index (χ0n) is 32.7. The summed E-state index contributed by atoms with van der Waals surface area (Å²) in [4.78, 5) is 59.1. The second-order valence-electron chi connectivity index (χ2n) is 14.3. The van der Waals surface area contributed by atoms with E-state index >= 15 is 0 Å². The summed E-state index contributed by atoms with van der Waals surface area (Å²) >= 11 is -0.244. The number of rotatable bonds is 11. The third-order valence-electron chi connectivity index (χ3n) is 10.4. The molecule has 3 aromatic heterocycles. The maximum Gasteiger partial charge on any atom is 0.446 e. The van der Waals surface area contributed by atoms with Gasteiger partial charge in [-0.3, -0.25) is 14.4 Å². The molecule has 3 aromatic carbocycles. The highest BCUT2D eigenvalue weighted by molar-refractivity contribution is 8.00. The summed E-state index contributed by atoms with van der Waals surface area (Å²) in [5.74, 6) is -0.0604. The van der Waals surface area contributed by atoms with E-state index in [2.05, 4.69) is 20.4 Å². The van der Waals surface area contributed by atoms with Gasteiger partial charge in [-0.2, -0.15) is 22.7 Å². The Balaban J connectivity index is 1.09. The van der Waals surface area contributed by atoms with Gasteiger partial charge in [0.05, 0.1) is 24.6 Å². The lowest BCUT2D eigenvalue weighted by molar-refractivity contribution is -0.116. The van der Waals surface area contributed by atoms with Gasteiger partial charge in [-0.15, -0.1) is 5.10 Å². The van der Waals surface area contributed by atoms with Gasteiger partial charge in [0.1, 0.15) is 25.2 Å². The number of piperazine rings is 1. The van der Waals surface area contributed by atoms with Crippen molar-refractivity contribution in [3.8, 4) is 17.1 Å². The van der Waals surface area contributed by atoms with Gasteiger partial charge in [0.25, 0.3) is 11.5 Å². The molecule has 2 amide bonds. The average molecular weight is 840 g/mol. The molecule has 18 heteroatoms. The minimum absolute atomic E-state index is 0.0167. The number of halogens is 3. The first-order chi connectivity index (χ1) is 29.0. The molecule has 60 heavy (non-hydrogen) atoms. The first-order valence-electron chi connectivity index (χ1n) is 19.4. The number of alkyl halides is 3. The highest BCUT2D eigenvalue weighted by Gasteiger charge is 2.32. The largest absolute Gasteiger partial charge is 0.485 e. The Morgan fingerprint density at radius 2 is 1.73 bits per heavy atom. The molecule has 6 aromatic rings. The molecule has 2 aliphatic heterocycles. The standard InChI is InChI=1S/C42H40F3N9O5S/c1-3-33-36(51-16-18-52(19-17-51)39(56)35-37(26(2)46-25-47-35)59-23-27-7-5-4-6-8-27)40(57)54-41(49-38(50-54)29-9-10-30-24-58-20-15-28(30)21-29)53(33)22-34(55)48-31-11-13-32(14-12-31)60-42(43,44)45/h4-14,21,25H,3,15-20,22-24H2,1-2H3,(H,48,55). The van der Waals surface area contributed by atoms with Crippen LogP contribution in [-0.2, 0) is 42.1 Å². The number of carbonyl (C=O) groups excluding carboxylic acids is 2. The Morgan fingerprint density at radius 3 is 2.47 bits per heavy atom. The average Bonchev–Trinajstić information content (AvgIpc) is 3.70. The van der Waals surface area contributed by atoms with E-state index in [9.17, 15) is 27.6 Å². The van der Waals surface area contributed by atoms with Crippen molar-refractivity contribution in [3.63, 3.8) is 0 Å². The van der Waals surface area contributed by atoms with Gasteiger partial charge in [-0.25, -0.2) is 9.97 Å². The first-order valence-corrected chi connectivity index (χ1v) is 20.2. The number of ether oxygens (including phenoxy) is 2. The summed E-state index contributed by atoms with van der Waals surface area (Å²) in [5.41, 5.74) is 0.747. The number of nitrogens with one attached hydrogen (secondary N) is 1. The summed E-state index contributed by atoms with van der Waals surface area (Å²) in [7, 11) is 0. The molecule has 5 heterocycles. The zero-order valence-corrected chi connectivity index (χ0v) is 33.6. The quantitative estimate of drug-likeness (QED) is 0.151.